The number of aromatic carboxylic acids is 1. The van der Waals surface area contributed by atoms with E-state index in [1.165, 1.54) is 6.20 Å². The predicted molar refractivity (Wildman–Crippen MR) is 124 cm³/mol. The molecule has 0 saturated carbocycles. The SMILES string of the molecule is CN(C)c1cc(Cc2cccc(CI)c2F)cc2c(=O)c(C(=O)O)cn(CCO)c12. The van der Waals surface area contributed by atoms with E-state index in [9.17, 15) is 24.2 Å². The molecule has 3 aromatic rings. The highest BCUT2D eigenvalue weighted by molar-refractivity contribution is 14.1. The Morgan fingerprint density at radius 3 is 2.53 bits per heavy atom. The molecule has 0 aliphatic carbocycles. The minimum absolute atomic E-state index is 0.142. The van der Waals surface area contributed by atoms with Crippen molar-refractivity contribution in [2.24, 2.45) is 0 Å². The summed E-state index contributed by atoms with van der Waals surface area (Å²) >= 11 is 2.11. The van der Waals surface area contributed by atoms with Crippen molar-refractivity contribution in [3.05, 3.63) is 74.8 Å². The summed E-state index contributed by atoms with van der Waals surface area (Å²) in [7, 11) is 3.63. The van der Waals surface area contributed by atoms with Gasteiger partial charge in [0.15, 0.2) is 0 Å². The van der Waals surface area contributed by atoms with Gasteiger partial charge in [-0.25, -0.2) is 9.18 Å². The number of alkyl halides is 1. The number of fused-ring (bicyclic) bond motifs is 1. The summed E-state index contributed by atoms with van der Waals surface area (Å²) in [6.45, 7) is -0.0659. The molecule has 0 bridgehead atoms. The van der Waals surface area contributed by atoms with Gasteiger partial charge in [-0.05, 0) is 28.8 Å². The van der Waals surface area contributed by atoms with E-state index < -0.39 is 11.4 Å². The molecular formula is C22H22FIN2O4. The number of carboxylic acid groups (broad SMARTS) is 1. The molecule has 0 atom stereocenters. The van der Waals surface area contributed by atoms with Gasteiger partial charge in [0.1, 0.15) is 11.4 Å². The first-order valence-corrected chi connectivity index (χ1v) is 10.8. The monoisotopic (exact) mass is 524 g/mol. The molecule has 2 aromatic carbocycles. The summed E-state index contributed by atoms with van der Waals surface area (Å²) in [5, 5.41) is 19.1. The van der Waals surface area contributed by atoms with Crippen LogP contribution in [0.2, 0.25) is 0 Å². The molecule has 6 nitrogen and oxygen atoms in total. The summed E-state index contributed by atoms with van der Waals surface area (Å²) in [6.07, 6.45) is 1.53. The lowest BCUT2D eigenvalue weighted by Gasteiger charge is -2.21. The molecule has 3 rings (SSSR count). The zero-order chi connectivity index (χ0) is 22.0. The van der Waals surface area contributed by atoms with Gasteiger partial charge in [0.2, 0.25) is 5.43 Å². The Morgan fingerprint density at radius 1 is 1.23 bits per heavy atom. The van der Waals surface area contributed by atoms with Gasteiger partial charge >= 0.3 is 5.97 Å². The van der Waals surface area contributed by atoms with Gasteiger partial charge in [0, 0.05) is 43.1 Å². The van der Waals surface area contributed by atoms with Gasteiger partial charge in [-0.3, -0.25) is 4.79 Å². The van der Waals surface area contributed by atoms with Crippen LogP contribution in [-0.2, 0) is 17.4 Å². The number of aliphatic hydroxyl groups excluding tert-OH is 1. The highest BCUT2D eigenvalue weighted by Crippen LogP contribution is 2.29. The standard InChI is InChI=1S/C22H22FIN2O4/c1-25(2)18-10-13(8-14-4-3-5-15(11-24)19(14)23)9-16-20(18)26(6-7-27)12-17(21(16)28)22(29)30/h3-5,9-10,12,27H,6-8,11H2,1-2H3,(H,29,30). The van der Waals surface area contributed by atoms with Crippen LogP contribution >= 0.6 is 22.6 Å². The number of carboxylic acids is 1. The third-order valence-electron chi connectivity index (χ3n) is 4.96. The molecule has 0 aliphatic rings. The lowest BCUT2D eigenvalue weighted by Crippen LogP contribution is -2.22. The number of rotatable bonds is 7. The van der Waals surface area contributed by atoms with E-state index >= 15 is 0 Å². The Bertz CT molecular complexity index is 1170. The molecule has 0 aliphatic heterocycles. The quantitative estimate of drug-likeness (QED) is 0.366. The van der Waals surface area contributed by atoms with Crippen molar-refractivity contribution < 1.29 is 19.4 Å². The third kappa shape index (κ3) is 4.20. The fourth-order valence-corrected chi connectivity index (χ4v) is 4.14. The first-order chi connectivity index (χ1) is 14.3. The van der Waals surface area contributed by atoms with Gasteiger partial charge in [0.05, 0.1) is 17.8 Å². The van der Waals surface area contributed by atoms with Crippen molar-refractivity contribution in [3.8, 4) is 0 Å². The van der Waals surface area contributed by atoms with Crippen LogP contribution in [0.5, 0.6) is 0 Å². The van der Waals surface area contributed by atoms with Crippen LogP contribution in [0.15, 0.2) is 41.3 Å². The van der Waals surface area contributed by atoms with E-state index in [0.29, 0.717) is 32.3 Å². The van der Waals surface area contributed by atoms with E-state index in [0.717, 1.165) is 0 Å². The van der Waals surface area contributed by atoms with Gasteiger partial charge in [0.25, 0.3) is 0 Å². The number of anilines is 1. The molecule has 2 N–H and O–H groups in total. The van der Waals surface area contributed by atoms with Crippen LogP contribution in [0.25, 0.3) is 10.9 Å². The summed E-state index contributed by atoms with van der Waals surface area (Å²) in [4.78, 5) is 26.3. The fraction of sp³-hybridized carbons (Fsp3) is 0.273. The van der Waals surface area contributed by atoms with Crippen LogP contribution in [0.1, 0.15) is 27.0 Å². The molecule has 0 saturated heterocycles. The first kappa shape index (κ1) is 22.2. The minimum atomic E-state index is -1.33. The van der Waals surface area contributed by atoms with Gasteiger partial charge < -0.3 is 19.7 Å². The number of carbonyl (C=O) groups is 1. The van der Waals surface area contributed by atoms with Crippen molar-refractivity contribution in [3.63, 3.8) is 0 Å². The van der Waals surface area contributed by atoms with Crippen LogP contribution < -0.4 is 10.3 Å². The minimum Gasteiger partial charge on any atom is -0.477 e. The highest BCUT2D eigenvalue weighted by Gasteiger charge is 2.19. The fourth-order valence-electron chi connectivity index (χ4n) is 3.55. The summed E-state index contributed by atoms with van der Waals surface area (Å²) in [6, 6.07) is 8.75. The number of hydrogen-bond donors (Lipinski definition) is 2. The molecule has 1 heterocycles. The Morgan fingerprint density at radius 2 is 1.93 bits per heavy atom. The maximum atomic E-state index is 14.8. The van der Waals surface area contributed by atoms with Gasteiger partial charge in [-0.2, -0.15) is 0 Å². The summed E-state index contributed by atoms with van der Waals surface area (Å²) < 4.78 is 16.9. The smallest absolute Gasteiger partial charge is 0.341 e. The van der Waals surface area contributed by atoms with Crippen molar-refractivity contribution in [2.75, 3.05) is 25.6 Å². The molecular weight excluding hydrogens is 502 g/mol. The van der Waals surface area contributed by atoms with E-state index in [4.69, 9.17) is 0 Å². The number of nitrogens with zero attached hydrogens (tertiary/aromatic N) is 2. The van der Waals surface area contributed by atoms with Crippen molar-refractivity contribution in [1.29, 1.82) is 0 Å². The molecule has 0 amide bonds. The van der Waals surface area contributed by atoms with E-state index in [2.05, 4.69) is 22.6 Å². The molecule has 0 radical (unpaired) electrons. The maximum absolute atomic E-state index is 14.8. The number of halogens is 2. The number of aliphatic hydroxyl groups is 1. The van der Waals surface area contributed by atoms with Crippen LogP contribution in [0, 0.1) is 5.82 Å². The number of pyridine rings is 1. The average molecular weight is 524 g/mol. The lowest BCUT2D eigenvalue weighted by molar-refractivity contribution is 0.0694. The zero-order valence-electron chi connectivity index (χ0n) is 16.7. The Balaban J connectivity index is 2.29. The molecule has 30 heavy (non-hydrogen) atoms. The van der Waals surface area contributed by atoms with Crippen LogP contribution in [0.4, 0.5) is 10.1 Å². The molecule has 0 spiro atoms. The first-order valence-electron chi connectivity index (χ1n) is 9.32. The highest BCUT2D eigenvalue weighted by atomic mass is 127. The summed E-state index contributed by atoms with van der Waals surface area (Å²) in [5.74, 6) is -1.60. The van der Waals surface area contributed by atoms with Gasteiger partial charge in [-0.1, -0.05) is 40.8 Å². The molecule has 1 aromatic heterocycles. The second-order valence-electron chi connectivity index (χ2n) is 7.20. The Kier molecular flexibility index (Phi) is 6.77. The Labute approximate surface area is 186 Å². The topological polar surface area (TPSA) is 82.8 Å². The predicted octanol–water partition coefficient (Wildman–Crippen LogP) is 3.42. The van der Waals surface area contributed by atoms with E-state index in [-0.39, 0.29) is 36.3 Å². The largest absolute Gasteiger partial charge is 0.477 e. The average Bonchev–Trinajstić information content (AvgIpc) is 2.71. The van der Waals surface area contributed by atoms with Crippen molar-refractivity contribution in [1.82, 2.24) is 4.57 Å². The number of hydrogen-bond acceptors (Lipinski definition) is 4. The molecule has 8 heteroatoms. The number of benzene rings is 2. The third-order valence-corrected chi connectivity index (χ3v) is 5.78. The second-order valence-corrected chi connectivity index (χ2v) is 7.96. The van der Waals surface area contributed by atoms with Crippen LogP contribution in [-0.4, -0.2) is 41.5 Å². The summed E-state index contributed by atoms with van der Waals surface area (Å²) in [5.41, 5.74) is 2.09. The van der Waals surface area contributed by atoms with Crippen molar-refractivity contribution >= 4 is 45.2 Å². The normalized spacial score (nSPS) is 11.1. The van der Waals surface area contributed by atoms with E-state index in [1.54, 1.807) is 28.8 Å². The molecule has 0 unspecified atom stereocenters. The molecule has 0 fully saturated rings. The Hall–Kier alpha value is -2.46. The van der Waals surface area contributed by atoms with Crippen LogP contribution in [0.3, 0.4) is 0 Å². The van der Waals surface area contributed by atoms with E-state index in [1.807, 2.05) is 25.1 Å². The zero-order valence-corrected chi connectivity index (χ0v) is 18.8. The van der Waals surface area contributed by atoms with Crippen molar-refractivity contribution in [2.45, 2.75) is 17.4 Å². The number of aromatic nitrogens is 1. The second kappa shape index (κ2) is 9.13. The lowest BCUT2D eigenvalue weighted by atomic mass is 9.98. The maximum Gasteiger partial charge on any atom is 0.341 e. The van der Waals surface area contributed by atoms with Gasteiger partial charge in [-0.15, -0.1) is 0 Å². The molecule has 158 valence electrons.